The lowest BCUT2D eigenvalue weighted by Gasteiger charge is -2.39. The summed E-state index contributed by atoms with van der Waals surface area (Å²) < 4.78 is 47.4. The number of ether oxygens (including phenoxy) is 3. The molecular weight excluding hydrogens is 546 g/mol. The molecular formula is C25H44N4O8P2. The van der Waals surface area contributed by atoms with E-state index in [1.807, 2.05) is 34.6 Å². The first kappa shape index (κ1) is 33.8. The van der Waals surface area contributed by atoms with E-state index in [0.717, 1.165) is 0 Å². The lowest BCUT2D eigenvalue weighted by molar-refractivity contribution is -0.0784. The fraction of sp³-hybridized carbons (Fsp3) is 0.800. The molecule has 1 aromatic rings. The van der Waals surface area contributed by atoms with Gasteiger partial charge in [-0.05, 0) is 47.9 Å². The minimum absolute atomic E-state index is 0.0545. The van der Waals surface area contributed by atoms with Gasteiger partial charge >= 0.3 is 5.69 Å². The van der Waals surface area contributed by atoms with Gasteiger partial charge in [0.15, 0.2) is 6.23 Å². The second kappa shape index (κ2) is 15.0. The van der Waals surface area contributed by atoms with Crippen molar-refractivity contribution in [3.63, 3.8) is 0 Å². The van der Waals surface area contributed by atoms with Crippen molar-refractivity contribution in [3.8, 4) is 0 Å². The monoisotopic (exact) mass is 590 g/mol. The van der Waals surface area contributed by atoms with Crippen molar-refractivity contribution < 1.29 is 27.8 Å². The lowest BCUT2D eigenvalue weighted by Crippen LogP contribution is -2.44. The Kier molecular flexibility index (Phi) is 13.0. The number of aryl methyl sites for hydroxylation is 1. The van der Waals surface area contributed by atoms with Crippen LogP contribution in [0.5, 0.6) is 0 Å². The van der Waals surface area contributed by atoms with Crippen LogP contribution in [0.1, 0.15) is 46.4 Å². The van der Waals surface area contributed by atoms with Crippen LogP contribution in [0.15, 0.2) is 15.8 Å². The van der Waals surface area contributed by atoms with E-state index in [1.165, 1.54) is 10.8 Å². The second-order valence-corrected chi connectivity index (χ2v) is 15.7. The molecule has 0 bridgehead atoms. The highest BCUT2D eigenvalue weighted by atomic mass is 31.2. The van der Waals surface area contributed by atoms with Crippen LogP contribution in [-0.4, -0.2) is 97.1 Å². The van der Waals surface area contributed by atoms with Gasteiger partial charge < -0.3 is 32.7 Å². The molecule has 0 aliphatic carbocycles. The van der Waals surface area contributed by atoms with Gasteiger partial charge in [-0.25, -0.2) is 16.0 Å². The van der Waals surface area contributed by atoms with Gasteiger partial charge in [0, 0.05) is 36.6 Å². The van der Waals surface area contributed by atoms with E-state index in [-0.39, 0.29) is 38.4 Å². The van der Waals surface area contributed by atoms with Crippen molar-refractivity contribution in [2.75, 3.05) is 46.8 Å². The van der Waals surface area contributed by atoms with E-state index in [1.54, 1.807) is 27.4 Å². The number of aromatic nitrogens is 2. The van der Waals surface area contributed by atoms with E-state index in [4.69, 9.17) is 29.8 Å². The lowest BCUT2D eigenvalue weighted by atomic mass is 10.1. The average Bonchev–Trinajstić information content (AvgIpc) is 3.17. The minimum Gasteiger partial charge on any atom is -0.382 e. The van der Waals surface area contributed by atoms with Crippen LogP contribution in [0.3, 0.4) is 0 Å². The molecule has 1 saturated heterocycles. The van der Waals surface area contributed by atoms with Gasteiger partial charge in [0.1, 0.15) is 18.8 Å². The zero-order chi connectivity index (χ0) is 29.5. The molecule has 1 aliphatic rings. The van der Waals surface area contributed by atoms with Gasteiger partial charge in [-0.1, -0.05) is 6.92 Å². The first-order valence-corrected chi connectivity index (χ1v) is 16.9. The summed E-state index contributed by atoms with van der Waals surface area (Å²) in [5.74, 6) is 0. The van der Waals surface area contributed by atoms with Crippen LogP contribution in [0.25, 0.3) is 4.85 Å². The van der Waals surface area contributed by atoms with Crippen LogP contribution >= 0.6 is 15.7 Å². The molecule has 14 heteroatoms. The Hall–Kier alpha value is -1.41. The maximum atomic E-state index is 13.3. The highest BCUT2D eigenvalue weighted by Crippen LogP contribution is 2.54. The molecule has 6 atom stereocenters. The molecule has 1 aliphatic heterocycles. The van der Waals surface area contributed by atoms with Crippen LogP contribution in [0.2, 0.25) is 0 Å². The van der Waals surface area contributed by atoms with Crippen molar-refractivity contribution in [2.24, 2.45) is 0 Å². The summed E-state index contributed by atoms with van der Waals surface area (Å²) in [6.45, 7) is 22.9. The Bertz CT molecular complexity index is 1120. The van der Waals surface area contributed by atoms with Gasteiger partial charge in [0.25, 0.3) is 14.1 Å². The summed E-state index contributed by atoms with van der Waals surface area (Å²) in [4.78, 5) is 30.7. The summed E-state index contributed by atoms with van der Waals surface area (Å²) >= 11 is 0. The highest BCUT2D eigenvalue weighted by molar-refractivity contribution is 7.63. The molecule has 2 rings (SSSR count). The van der Waals surface area contributed by atoms with Gasteiger partial charge in [0.2, 0.25) is 6.54 Å². The van der Waals surface area contributed by atoms with Gasteiger partial charge in [-0.15, -0.1) is 0 Å². The molecule has 0 amide bonds. The summed E-state index contributed by atoms with van der Waals surface area (Å²) in [5, 5.41) is 0. The van der Waals surface area contributed by atoms with Crippen molar-refractivity contribution >= 4 is 15.7 Å². The average molecular weight is 591 g/mol. The van der Waals surface area contributed by atoms with E-state index in [2.05, 4.69) is 14.5 Å². The van der Waals surface area contributed by atoms with Crippen LogP contribution in [0, 0.1) is 13.5 Å². The summed E-state index contributed by atoms with van der Waals surface area (Å²) in [6, 6.07) is 0.109. The molecule has 0 spiro atoms. The van der Waals surface area contributed by atoms with Crippen LogP contribution < -0.4 is 11.2 Å². The zero-order valence-corrected chi connectivity index (χ0v) is 26.2. The van der Waals surface area contributed by atoms with E-state index in [9.17, 15) is 14.2 Å². The number of aromatic amines is 1. The number of nitrogens with zero attached hydrogens (tertiary/aromatic N) is 3. The molecule has 1 N–H and O–H groups in total. The SMILES string of the molecule is [C-]#[N+]CCOP(O[C@H]1[C@@H](OCCOC)[C@H](n2cc(C)c(=O)[nH]c2=O)O[C@@H]1[C@@H](C)P(C)(C)=O)N(C(C)C)C(C)C. The number of rotatable bonds is 15. The summed E-state index contributed by atoms with van der Waals surface area (Å²) in [5.41, 5.74) is -1.26. The number of hydrogen-bond acceptors (Lipinski definition) is 9. The molecule has 12 nitrogen and oxygen atoms in total. The third-order valence-corrected chi connectivity index (χ3v) is 10.9. The Morgan fingerprint density at radius 1 is 1.15 bits per heavy atom. The molecule has 39 heavy (non-hydrogen) atoms. The van der Waals surface area contributed by atoms with Crippen molar-refractivity contribution in [3.05, 3.63) is 44.0 Å². The maximum Gasteiger partial charge on any atom is 0.330 e. The van der Waals surface area contributed by atoms with Crippen molar-refractivity contribution in [1.82, 2.24) is 14.2 Å². The van der Waals surface area contributed by atoms with E-state index in [0.29, 0.717) is 5.56 Å². The Morgan fingerprint density at radius 3 is 2.33 bits per heavy atom. The Morgan fingerprint density at radius 2 is 1.79 bits per heavy atom. The Labute approximate surface area is 232 Å². The first-order valence-electron chi connectivity index (χ1n) is 13.1. The molecule has 1 fully saturated rings. The normalized spacial score (nSPS) is 23.5. The third kappa shape index (κ3) is 8.79. The summed E-state index contributed by atoms with van der Waals surface area (Å²) in [6.07, 6.45) is -1.87. The standard InChI is InChI=1S/C25H44N4O8P2/c1-16(2)29(17(3)4)38(35-12-11-26-7)37-21-20(19(6)39(9,10)32)36-24(22(21)34-14-13-33-8)28-15-18(5)23(30)27-25(28)31/h15-17,19-22,24H,11-14H2,1-6,8-10H3,(H,27,30,31)/t19-,20-,21-,22-,24-,38?/m1/s1. The molecule has 0 aromatic carbocycles. The predicted molar refractivity (Wildman–Crippen MR) is 152 cm³/mol. The minimum atomic E-state index is -2.70. The molecule has 2 heterocycles. The van der Waals surface area contributed by atoms with Gasteiger partial charge in [0.05, 0.1) is 26.5 Å². The number of methoxy groups -OCH3 is 1. The number of nitrogens with one attached hydrogen (secondary N) is 1. The largest absolute Gasteiger partial charge is 0.382 e. The van der Waals surface area contributed by atoms with E-state index < -0.39 is 57.1 Å². The topological polar surface area (TPSA) is 126 Å². The smallest absolute Gasteiger partial charge is 0.330 e. The van der Waals surface area contributed by atoms with Crippen molar-refractivity contribution in [1.29, 1.82) is 0 Å². The molecule has 1 aromatic heterocycles. The fourth-order valence-electron chi connectivity index (χ4n) is 4.36. The molecule has 222 valence electrons. The van der Waals surface area contributed by atoms with Crippen LogP contribution in [-0.2, 0) is 27.8 Å². The fourth-order valence-corrected chi connectivity index (χ4v) is 7.06. The number of hydrogen-bond donors (Lipinski definition) is 1. The predicted octanol–water partition coefficient (Wildman–Crippen LogP) is 3.45. The quantitative estimate of drug-likeness (QED) is 0.186. The second-order valence-electron chi connectivity index (χ2n) is 10.6. The van der Waals surface area contributed by atoms with E-state index >= 15 is 0 Å². The maximum absolute atomic E-state index is 13.3. The molecule has 1 unspecified atom stereocenters. The molecule has 0 radical (unpaired) electrons. The van der Waals surface area contributed by atoms with Crippen molar-refractivity contribution in [2.45, 2.75) is 83.8 Å². The number of H-pyrrole nitrogens is 1. The molecule has 0 saturated carbocycles. The third-order valence-electron chi connectivity index (χ3n) is 6.56. The summed E-state index contributed by atoms with van der Waals surface area (Å²) in [7, 11) is -2.84. The first-order chi connectivity index (χ1) is 18.2. The van der Waals surface area contributed by atoms with Crippen LogP contribution in [0.4, 0.5) is 0 Å². The highest BCUT2D eigenvalue weighted by Gasteiger charge is 2.53. The van der Waals surface area contributed by atoms with Gasteiger partial charge in [-0.3, -0.25) is 14.3 Å². The Balaban J connectivity index is 2.65. The van der Waals surface area contributed by atoms with Gasteiger partial charge in [-0.2, -0.15) is 0 Å². The zero-order valence-electron chi connectivity index (χ0n) is 24.4.